The smallest absolute Gasteiger partial charge is 0.162 e. The summed E-state index contributed by atoms with van der Waals surface area (Å²) in [6.45, 7) is 0. The third-order valence-corrected chi connectivity index (χ3v) is 11.5. The molecule has 0 amide bonds. The maximum Gasteiger partial charge on any atom is 0.162 e. The van der Waals surface area contributed by atoms with Gasteiger partial charge in [0.1, 0.15) is 0 Å². The fourth-order valence-corrected chi connectivity index (χ4v) is 8.45. The zero-order chi connectivity index (χ0) is 42.1. The highest BCUT2D eigenvalue weighted by Gasteiger charge is 2.21. The zero-order valence-electron chi connectivity index (χ0n) is 34.0. The van der Waals surface area contributed by atoms with Crippen LogP contribution in [0.1, 0.15) is 5.56 Å². The van der Waals surface area contributed by atoms with Gasteiger partial charge in [-0.2, -0.15) is 5.26 Å². The fourth-order valence-electron chi connectivity index (χ4n) is 8.45. The topological polar surface area (TPSA) is 80.3 Å². The molecule has 0 aliphatic heterocycles. The summed E-state index contributed by atoms with van der Waals surface area (Å²) < 4.78 is 2.31. The number of nitrogens with zero attached hydrogens (tertiary/aromatic N) is 6. The lowest BCUT2D eigenvalue weighted by molar-refractivity contribution is 1.13. The Bertz CT molecular complexity index is 3390. The molecule has 11 rings (SSSR count). The van der Waals surface area contributed by atoms with Crippen LogP contribution in [0.3, 0.4) is 0 Å². The first-order chi connectivity index (χ1) is 31.2. The number of benzene rings is 8. The Kier molecular flexibility index (Phi) is 9.45. The first kappa shape index (κ1) is 37.2. The summed E-state index contributed by atoms with van der Waals surface area (Å²) in [5, 5.41) is 12.2. The minimum absolute atomic E-state index is 0.582. The molecule has 294 valence electrons. The molecule has 0 atom stereocenters. The van der Waals surface area contributed by atoms with Crippen LogP contribution in [-0.4, -0.2) is 24.5 Å². The fraction of sp³-hybridized carbons (Fsp3) is 0. The van der Waals surface area contributed by atoms with Crippen LogP contribution in [0.2, 0.25) is 0 Å². The van der Waals surface area contributed by atoms with E-state index in [9.17, 15) is 5.26 Å². The summed E-state index contributed by atoms with van der Waals surface area (Å²) >= 11 is 0. The largest absolute Gasteiger partial charge is 0.309 e. The van der Waals surface area contributed by atoms with Gasteiger partial charge in [0, 0.05) is 44.2 Å². The van der Waals surface area contributed by atoms with E-state index in [1.54, 1.807) is 0 Å². The van der Waals surface area contributed by atoms with Crippen molar-refractivity contribution in [3.05, 3.63) is 224 Å². The monoisotopic (exact) mass is 804 g/mol. The molecule has 0 saturated heterocycles. The third-order valence-electron chi connectivity index (χ3n) is 11.5. The summed E-state index contributed by atoms with van der Waals surface area (Å²) in [7, 11) is 0. The number of hydrogen-bond donors (Lipinski definition) is 0. The van der Waals surface area contributed by atoms with Crippen LogP contribution in [0.5, 0.6) is 0 Å². The molecule has 6 nitrogen and oxygen atoms in total. The Hall–Kier alpha value is -8.79. The van der Waals surface area contributed by atoms with E-state index in [1.165, 1.54) is 0 Å². The van der Waals surface area contributed by atoms with Crippen molar-refractivity contribution in [3.63, 3.8) is 0 Å². The van der Waals surface area contributed by atoms with Crippen molar-refractivity contribution in [2.24, 2.45) is 0 Å². The predicted molar refractivity (Wildman–Crippen MR) is 255 cm³/mol. The number of fused-ring (bicyclic) bond motifs is 3. The molecular formula is C57H36N6. The molecule has 0 aliphatic carbocycles. The quantitative estimate of drug-likeness (QED) is 0.153. The Morgan fingerprint density at radius 2 is 0.810 bits per heavy atom. The third kappa shape index (κ3) is 7.00. The molecule has 0 unspecified atom stereocenters. The van der Waals surface area contributed by atoms with Gasteiger partial charge in [0.15, 0.2) is 11.6 Å². The molecule has 0 radical (unpaired) electrons. The molecule has 0 aliphatic rings. The van der Waals surface area contributed by atoms with Gasteiger partial charge >= 0.3 is 0 Å². The van der Waals surface area contributed by atoms with Crippen LogP contribution in [0.4, 0.5) is 0 Å². The molecule has 0 fully saturated rings. The second-order valence-electron chi connectivity index (χ2n) is 15.4. The number of hydrogen-bond acceptors (Lipinski definition) is 5. The lowest BCUT2D eigenvalue weighted by Gasteiger charge is -2.17. The maximum absolute atomic E-state index is 10.0. The van der Waals surface area contributed by atoms with Crippen molar-refractivity contribution in [1.82, 2.24) is 24.5 Å². The molecule has 11 aromatic rings. The van der Waals surface area contributed by atoms with E-state index in [2.05, 4.69) is 120 Å². The number of aromatic nitrogens is 5. The van der Waals surface area contributed by atoms with Crippen LogP contribution < -0.4 is 0 Å². The minimum atomic E-state index is 0.582. The highest BCUT2D eigenvalue weighted by molar-refractivity contribution is 6.11. The summed E-state index contributed by atoms with van der Waals surface area (Å²) in [6.07, 6.45) is 0. The molecule has 0 spiro atoms. The van der Waals surface area contributed by atoms with Gasteiger partial charge in [-0.1, -0.05) is 170 Å². The standard InChI is InChI=1S/C57H36N6/c58-37-44-25-13-14-26-45(44)42-29-31-54-47(33-42)46-27-15-16-28-53(46)63(54)55-32-30-43(52-36-49(38-17-5-1-6-18-38)59-56(60-52)41-23-11-4-12-24-41)34-48(55)57-61-50(39-19-7-2-8-20-39)35-51(62-57)40-21-9-3-10-22-40/h1-36H. The van der Waals surface area contributed by atoms with E-state index in [0.29, 0.717) is 17.2 Å². The minimum Gasteiger partial charge on any atom is -0.309 e. The maximum atomic E-state index is 10.0. The summed E-state index contributed by atoms with van der Waals surface area (Å²) in [6, 6.07) is 76.6. The van der Waals surface area contributed by atoms with Gasteiger partial charge in [0.05, 0.1) is 51.1 Å². The Morgan fingerprint density at radius 3 is 1.41 bits per heavy atom. The van der Waals surface area contributed by atoms with E-state index in [4.69, 9.17) is 19.9 Å². The van der Waals surface area contributed by atoms with Crippen LogP contribution in [-0.2, 0) is 0 Å². The summed E-state index contributed by atoms with van der Waals surface area (Å²) in [5.41, 5.74) is 14.4. The number of para-hydroxylation sites is 1. The van der Waals surface area contributed by atoms with Crippen LogP contribution >= 0.6 is 0 Å². The summed E-state index contributed by atoms with van der Waals surface area (Å²) in [5.74, 6) is 1.22. The van der Waals surface area contributed by atoms with Gasteiger partial charge in [0.2, 0.25) is 0 Å². The molecule has 6 heteroatoms. The second-order valence-corrected chi connectivity index (χ2v) is 15.4. The molecule has 3 heterocycles. The molecule has 0 N–H and O–H groups in total. The van der Waals surface area contributed by atoms with Crippen molar-refractivity contribution >= 4 is 21.8 Å². The van der Waals surface area contributed by atoms with Gasteiger partial charge < -0.3 is 4.57 Å². The number of rotatable bonds is 8. The van der Waals surface area contributed by atoms with Crippen LogP contribution in [0.15, 0.2) is 218 Å². The van der Waals surface area contributed by atoms with Crippen LogP contribution in [0.25, 0.3) is 106 Å². The SMILES string of the molecule is N#Cc1ccccc1-c1ccc2c(c1)c1ccccc1n2-c1ccc(-c2cc(-c3ccccc3)nc(-c3ccccc3)n2)cc1-c1nc(-c2ccccc2)cc(-c2ccccc2)n1. The second kappa shape index (κ2) is 16.0. The van der Waals surface area contributed by atoms with Crippen molar-refractivity contribution < 1.29 is 0 Å². The van der Waals surface area contributed by atoms with Gasteiger partial charge in [-0.25, -0.2) is 19.9 Å². The van der Waals surface area contributed by atoms with E-state index in [0.717, 1.165) is 94.8 Å². The Morgan fingerprint density at radius 1 is 0.333 bits per heavy atom. The van der Waals surface area contributed by atoms with Gasteiger partial charge in [-0.05, 0) is 59.7 Å². The van der Waals surface area contributed by atoms with E-state index >= 15 is 0 Å². The normalized spacial score (nSPS) is 11.2. The average Bonchev–Trinajstić information content (AvgIpc) is 3.70. The van der Waals surface area contributed by atoms with Gasteiger partial charge in [0.25, 0.3) is 0 Å². The van der Waals surface area contributed by atoms with Crippen molar-refractivity contribution in [2.75, 3.05) is 0 Å². The van der Waals surface area contributed by atoms with Crippen molar-refractivity contribution in [1.29, 1.82) is 5.26 Å². The molecule has 3 aromatic heterocycles. The van der Waals surface area contributed by atoms with Gasteiger partial charge in [-0.15, -0.1) is 0 Å². The van der Waals surface area contributed by atoms with Gasteiger partial charge in [-0.3, -0.25) is 0 Å². The van der Waals surface area contributed by atoms with E-state index in [-0.39, 0.29) is 0 Å². The molecule has 0 saturated carbocycles. The molecule has 63 heavy (non-hydrogen) atoms. The predicted octanol–water partition coefficient (Wildman–Crippen LogP) is 13.9. The molecular weight excluding hydrogens is 769 g/mol. The van der Waals surface area contributed by atoms with E-state index in [1.807, 2.05) is 109 Å². The van der Waals surface area contributed by atoms with Crippen molar-refractivity contribution in [2.45, 2.75) is 0 Å². The average molecular weight is 805 g/mol. The van der Waals surface area contributed by atoms with E-state index < -0.39 is 0 Å². The highest BCUT2D eigenvalue weighted by atomic mass is 15.0. The lowest BCUT2D eigenvalue weighted by Crippen LogP contribution is -2.03. The van der Waals surface area contributed by atoms with Crippen molar-refractivity contribution in [3.8, 4) is 90.7 Å². The highest BCUT2D eigenvalue weighted by Crippen LogP contribution is 2.40. The lowest BCUT2D eigenvalue weighted by atomic mass is 9.98. The first-order valence-electron chi connectivity index (χ1n) is 20.9. The van der Waals surface area contributed by atoms with Crippen LogP contribution in [0, 0.1) is 11.3 Å². The Labute approximate surface area is 364 Å². The summed E-state index contributed by atoms with van der Waals surface area (Å²) in [4.78, 5) is 21.1. The number of nitriles is 1. The first-order valence-corrected chi connectivity index (χ1v) is 20.9. The Balaban J connectivity index is 1.20. The zero-order valence-corrected chi connectivity index (χ0v) is 34.0. The molecule has 0 bridgehead atoms. The molecule has 8 aromatic carbocycles.